The molecule has 0 saturated heterocycles. The van der Waals surface area contributed by atoms with Crippen molar-refractivity contribution in [2.24, 2.45) is 0 Å². The van der Waals surface area contributed by atoms with E-state index in [1.54, 1.807) is 27.7 Å². The normalized spacial score (nSPS) is 12.4. The Labute approximate surface area is 158 Å². The Morgan fingerprint density at radius 1 is 0.964 bits per heavy atom. The van der Waals surface area contributed by atoms with Gasteiger partial charge in [-0.2, -0.15) is 12.5 Å². The number of hydrogen-bond acceptors (Lipinski definition) is 5. The van der Waals surface area contributed by atoms with Gasteiger partial charge in [0.15, 0.2) is 17.3 Å². The van der Waals surface area contributed by atoms with Gasteiger partial charge in [-0.05, 0) is 45.9 Å². The second-order valence-corrected chi connectivity index (χ2v) is 8.63. The molecule has 0 aliphatic rings. The molecule has 0 atom stereocenters. The van der Waals surface area contributed by atoms with Crippen LogP contribution in [0.3, 0.4) is 0 Å². The van der Waals surface area contributed by atoms with Crippen LogP contribution in [-0.2, 0) is 10.0 Å². The maximum absolute atomic E-state index is 13.5. The lowest BCUT2D eigenvalue weighted by Gasteiger charge is -2.15. The summed E-state index contributed by atoms with van der Waals surface area (Å²) in [6.07, 6.45) is 0.978. The van der Waals surface area contributed by atoms with Crippen molar-refractivity contribution in [3.63, 3.8) is 0 Å². The molecular weight excluding hydrogens is 394 g/mol. The first-order valence-electron chi connectivity index (χ1n) is 8.43. The molecule has 0 aliphatic carbocycles. The largest absolute Gasteiger partial charge is 0.333 e. The van der Waals surface area contributed by atoms with Crippen molar-refractivity contribution in [1.82, 2.24) is 18.3 Å². The molecule has 0 radical (unpaired) electrons. The number of halogens is 2. The van der Waals surface area contributed by atoms with E-state index in [0.717, 1.165) is 16.8 Å². The predicted octanol–water partition coefficient (Wildman–Crippen LogP) is 2.04. The fourth-order valence-corrected chi connectivity index (χ4v) is 4.02. The zero-order valence-corrected chi connectivity index (χ0v) is 16.4. The Morgan fingerprint density at radius 3 is 2.11 bits per heavy atom. The van der Waals surface area contributed by atoms with Crippen LogP contribution in [0.1, 0.15) is 39.8 Å². The minimum absolute atomic E-state index is 0.0758. The predicted molar refractivity (Wildman–Crippen MR) is 98.0 cm³/mol. The van der Waals surface area contributed by atoms with Crippen LogP contribution in [0.5, 0.6) is 0 Å². The molecule has 0 N–H and O–H groups in total. The molecule has 2 aromatic heterocycles. The van der Waals surface area contributed by atoms with Crippen LogP contribution in [0.4, 0.5) is 8.78 Å². The highest BCUT2D eigenvalue weighted by Crippen LogP contribution is 2.19. The van der Waals surface area contributed by atoms with E-state index in [4.69, 9.17) is 0 Å². The minimum Gasteiger partial charge on any atom is -0.273 e. The van der Waals surface area contributed by atoms with E-state index >= 15 is 0 Å². The van der Waals surface area contributed by atoms with Gasteiger partial charge in [0, 0.05) is 12.1 Å². The van der Waals surface area contributed by atoms with E-state index in [2.05, 4.69) is 5.10 Å². The van der Waals surface area contributed by atoms with Crippen molar-refractivity contribution in [2.45, 2.75) is 44.7 Å². The number of fused-ring (bicyclic) bond motifs is 1. The Morgan fingerprint density at radius 2 is 1.57 bits per heavy atom. The first kappa shape index (κ1) is 19.9. The van der Waals surface area contributed by atoms with Crippen LogP contribution in [0.2, 0.25) is 0 Å². The van der Waals surface area contributed by atoms with Crippen molar-refractivity contribution in [2.75, 3.05) is 0 Å². The van der Waals surface area contributed by atoms with Gasteiger partial charge in [0.25, 0.3) is 15.6 Å². The maximum Gasteiger partial charge on any atom is 0.333 e. The van der Waals surface area contributed by atoms with Gasteiger partial charge in [-0.25, -0.2) is 13.6 Å². The van der Waals surface area contributed by atoms with E-state index in [1.165, 1.54) is 4.57 Å². The molecular formula is C17H18F2N4O4S. The summed E-state index contributed by atoms with van der Waals surface area (Å²) < 4.78 is 54.9. The van der Waals surface area contributed by atoms with Gasteiger partial charge in [-0.3, -0.25) is 13.9 Å². The standard InChI is InChI=1S/C17H18F2N4O4S/c1-9(2)22-15-12(16(24)23(10(3)4)17(22)25)8-21(20-15)28(26,27)11-5-6-13(18)14(19)7-11/h5-10H,1-4H3. The van der Waals surface area contributed by atoms with Gasteiger partial charge >= 0.3 is 5.69 Å². The zero-order chi connectivity index (χ0) is 21.0. The van der Waals surface area contributed by atoms with E-state index in [0.29, 0.717) is 16.2 Å². The molecule has 0 fully saturated rings. The third-order valence-corrected chi connectivity index (χ3v) is 5.76. The molecule has 0 unspecified atom stereocenters. The average Bonchev–Trinajstić information content (AvgIpc) is 3.02. The highest BCUT2D eigenvalue weighted by atomic mass is 32.2. The molecule has 28 heavy (non-hydrogen) atoms. The fourth-order valence-electron chi connectivity index (χ4n) is 2.89. The lowest BCUT2D eigenvalue weighted by atomic mass is 10.3. The maximum atomic E-state index is 13.5. The number of nitrogens with zero attached hydrogens (tertiary/aromatic N) is 4. The first-order chi connectivity index (χ1) is 13.0. The third kappa shape index (κ3) is 2.95. The van der Waals surface area contributed by atoms with Gasteiger partial charge in [0.2, 0.25) is 0 Å². The Hall–Kier alpha value is -2.82. The smallest absolute Gasteiger partial charge is 0.273 e. The second-order valence-electron chi connectivity index (χ2n) is 6.84. The van der Waals surface area contributed by atoms with E-state index < -0.39 is 49.9 Å². The molecule has 150 valence electrons. The SMILES string of the molecule is CC(C)n1c(=O)c2cn(S(=O)(=O)c3ccc(F)c(F)c3)nc2n(C(C)C)c1=O. The van der Waals surface area contributed by atoms with Crippen molar-refractivity contribution in [3.8, 4) is 0 Å². The molecule has 0 spiro atoms. The molecule has 0 aliphatic heterocycles. The molecule has 11 heteroatoms. The van der Waals surface area contributed by atoms with Gasteiger partial charge in [-0.15, -0.1) is 5.10 Å². The van der Waals surface area contributed by atoms with Crippen molar-refractivity contribution < 1.29 is 17.2 Å². The van der Waals surface area contributed by atoms with Gasteiger partial charge in [-0.1, -0.05) is 0 Å². The van der Waals surface area contributed by atoms with E-state index in [1.807, 2.05) is 0 Å². The van der Waals surface area contributed by atoms with Crippen molar-refractivity contribution >= 4 is 21.1 Å². The molecule has 2 heterocycles. The number of rotatable bonds is 4. The summed E-state index contributed by atoms with van der Waals surface area (Å²) in [5.41, 5.74) is -1.40. The van der Waals surface area contributed by atoms with E-state index in [-0.39, 0.29) is 11.0 Å². The number of aromatic nitrogens is 4. The van der Waals surface area contributed by atoms with Crippen LogP contribution in [-0.4, -0.2) is 26.7 Å². The summed E-state index contributed by atoms with van der Waals surface area (Å²) in [4.78, 5) is 24.9. The molecule has 1 aromatic carbocycles. The van der Waals surface area contributed by atoms with Gasteiger partial charge in [0.1, 0.15) is 5.39 Å². The quantitative estimate of drug-likeness (QED) is 0.653. The summed E-state index contributed by atoms with van der Waals surface area (Å²) in [6.45, 7) is 6.70. The third-order valence-electron chi connectivity index (χ3n) is 4.23. The summed E-state index contributed by atoms with van der Waals surface area (Å²) >= 11 is 0. The van der Waals surface area contributed by atoms with Crippen molar-refractivity contribution in [3.05, 3.63) is 56.9 Å². The summed E-state index contributed by atoms with van der Waals surface area (Å²) in [7, 11) is -4.41. The fraction of sp³-hybridized carbons (Fsp3) is 0.353. The van der Waals surface area contributed by atoms with Gasteiger partial charge < -0.3 is 0 Å². The van der Waals surface area contributed by atoms with Crippen LogP contribution in [0.15, 0.2) is 38.9 Å². The highest BCUT2D eigenvalue weighted by Gasteiger charge is 2.25. The highest BCUT2D eigenvalue weighted by molar-refractivity contribution is 7.89. The molecule has 0 saturated carbocycles. The summed E-state index contributed by atoms with van der Waals surface area (Å²) in [5, 5.41) is 3.84. The minimum atomic E-state index is -4.41. The second kappa shape index (κ2) is 6.66. The zero-order valence-electron chi connectivity index (χ0n) is 15.6. The monoisotopic (exact) mass is 412 g/mol. The Kier molecular flexibility index (Phi) is 4.74. The van der Waals surface area contributed by atoms with Crippen LogP contribution < -0.4 is 11.2 Å². The number of hydrogen-bond donors (Lipinski definition) is 0. The molecule has 0 bridgehead atoms. The molecule has 3 aromatic rings. The van der Waals surface area contributed by atoms with E-state index in [9.17, 15) is 26.8 Å². The first-order valence-corrected chi connectivity index (χ1v) is 9.88. The lowest BCUT2D eigenvalue weighted by molar-refractivity contribution is 0.486. The Balaban J connectivity index is 2.37. The van der Waals surface area contributed by atoms with Crippen LogP contribution >= 0.6 is 0 Å². The lowest BCUT2D eigenvalue weighted by Crippen LogP contribution is -2.41. The summed E-state index contributed by atoms with van der Waals surface area (Å²) in [6, 6.07) is 1.23. The van der Waals surface area contributed by atoms with Crippen LogP contribution in [0, 0.1) is 11.6 Å². The topological polar surface area (TPSA) is 96.0 Å². The van der Waals surface area contributed by atoms with Crippen molar-refractivity contribution in [1.29, 1.82) is 0 Å². The molecule has 3 rings (SSSR count). The van der Waals surface area contributed by atoms with Gasteiger partial charge in [0.05, 0.1) is 11.1 Å². The number of benzene rings is 1. The molecule has 8 nitrogen and oxygen atoms in total. The Bertz CT molecular complexity index is 1300. The van der Waals surface area contributed by atoms with Crippen LogP contribution in [0.25, 0.3) is 11.0 Å². The summed E-state index contributed by atoms with van der Waals surface area (Å²) in [5.74, 6) is -2.53. The average molecular weight is 412 g/mol. The molecule has 0 amide bonds.